The molecule has 4 aliphatic carbocycles. The summed E-state index contributed by atoms with van der Waals surface area (Å²) >= 11 is 0. The highest BCUT2D eigenvalue weighted by atomic mass is 16.6. The lowest BCUT2D eigenvalue weighted by Gasteiger charge is -2.69. The van der Waals surface area contributed by atoms with Crippen LogP contribution in [-0.2, 0) is 19.1 Å². The van der Waals surface area contributed by atoms with Gasteiger partial charge in [-0.3, -0.25) is 9.59 Å². The van der Waals surface area contributed by atoms with Gasteiger partial charge in [-0.05, 0) is 91.9 Å². The predicted octanol–water partition coefficient (Wildman–Crippen LogP) is 5.38. The molecule has 0 aromatic heterocycles. The van der Waals surface area contributed by atoms with Gasteiger partial charge >= 0.3 is 5.97 Å². The van der Waals surface area contributed by atoms with E-state index in [-0.39, 0.29) is 51.5 Å². The van der Waals surface area contributed by atoms with E-state index in [1.807, 2.05) is 0 Å². The molecule has 1 heterocycles. The van der Waals surface area contributed by atoms with Crippen LogP contribution in [0.2, 0.25) is 0 Å². The summed E-state index contributed by atoms with van der Waals surface area (Å²) in [5.41, 5.74) is 0.655. The molecule has 0 radical (unpaired) electrons. The molecular weight excluding hydrogens is 480 g/mol. The highest BCUT2D eigenvalue weighted by molar-refractivity contribution is 5.85. The standard InChI is InChI=1S/C32H50O6/c1-17-14-21(37-18(2)33)27(29(5,6)36)38-22-16-32(9)19(25(17)22)15-20(34)26-30(7)12-11-24(35)28(3,4)23(30)10-13-31(26,32)8/h17,20-23,26-27,34,36H,10-16H2,1-9H3/t17-,20+,21+,22+,23+,26+,27-,30+,31+,32+/m1/s1. The maximum atomic E-state index is 13.0. The molecule has 1 aliphatic heterocycles. The van der Waals surface area contributed by atoms with Gasteiger partial charge in [-0.2, -0.15) is 0 Å². The zero-order valence-corrected chi connectivity index (χ0v) is 25.0. The van der Waals surface area contributed by atoms with Gasteiger partial charge in [0.05, 0.1) is 17.8 Å². The first kappa shape index (κ1) is 28.3. The number of hydrogen-bond donors (Lipinski definition) is 2. The molecule has 4 fully saturated rings. The van der Waals surface area contributed by atoms with Crippen LogP contribution < -0.4 is 0 Å². The van der Waals surface area contributed by atoms with Crippen molar-refractivity contribution < 1.29 is 29.3 Å². The van der Waals surface area contributed by atoms with E-state index in [2.05, 4.69) is 41.5 Å². The zero-order valence-electron chi connectivity index (χ0n) is 25.0. The largest absolute Gasteiger partial charge is 0.460 e. The van der Waals surface area contributed by atoms with Gasteiger partial charge in [0.1, 0.15) is 18.0 Å². The highest BCUT2D eigenvalue weighted by Crippen LogP contribution is 2.74. The van der Waals surface area contributed by atoms with E-state index in [1.165, 1.54) is 18.1 Å². The quantitative estimate of drug-likeness (QED) is 0.368. The third kappa shape index (κ3) is 3.75. The van der Waals surface area contributed by atoms with Crippen LogP contribution in [0.15, 0.2) is 11.1 Å². The molecule has 0 amide bonds. The predicted molar refractivity (Wildman–Crippen MR) is 145 cm³/mol. The van der Waals surface area contributed by atoms with E-state index < -0.39 is 23.9 Å². The summed E-state index contributed by atoms with van der Waals surface area (Å²) < 4.78 is 12.5. The first-order chi connectivity index (χ1) is 17.4. The second-order valence-electron chi connectivity index (χ2n) is 15.4. The van der Waals surface area contributed by atoms with Crippen LogP contribution in [0.25, 0.3) is 0 Å². The van der Waals surface area contributed by atoms with Gasteiger partial charge < -0.3 is 19.7 Å². The minimum absolute atomic E-state index is 0.101. The molecule has 2 N–H and O–H groups in total. The average molecular weight is 531 g/mol. The van der Waals surface area contributed by atoms with E-state index in [1.54, 1.807) is 13.8 Å². The monoisotopic (exact) mass is 530 g/mol. The maximum absolute atomic E-state index is 13.0. The zero-order chi connectivity index (χ0) is 28.2. The third-order valence-electron chi connectivity index (χ3n) is 12.4. The smallest absolute Gasteiger partial charge is 0.302 e. The fourth-order valence-electron chi connectivity index (χ4n) is 10.7. The molecule has 0 aromatic carbocycles. The Hall–Kier alpha value is -1.24. The fraction of sp³-hybridized carbons (Fsp3) is 0.875. The molecule has 0 bridgehead atoms. The van der Waals surface area contributed by atoms with Crippen molar-refractivity contribution in [3.63, 3.8) is 0 Å². The first-order valence-electron chi connectivity index (χ1n) is 14.9. The Balaban J connectivity index is 1.58. The lowest BCUT2D eigenvalue weighted by molar-refractivity contribution is -0.213. The molecule has 6 nitrogen and oxygen atoms in total. The molecule has 5 rings (SSSR count). The van der Waals surface area contributed by atoms with Crippen LogP contribution in [0, 0.1) is 39.4 Å². The summed E-state index contributed by atoms with van der Waals surface area (Å²) in [5, 5.41) is 23.1. The first-order valence-corrected chi connectivity index (χ1v) is 14.9. The minimum atomic E-state index is -1.17. The topological polar surface area (TPSA) is 93.1 Å². The van der Waals surface area contributed by atoms with Crippen molar-refractivity contribution in [3.8, 4) is 0 Å². The number of Topliss-reactive ketones (excluding diaryl/α,β-unsaturated/α-hetero) is 1. The lowest BCUT2D eigenvalue weighted by Crippen LogP contribution is -2.65. The molecule has 10 atom stereocenters. The van der Waals surface area contributed by atoms with Crippen LogP contribution in [0.3, 0.4) is 0 Å². The number of hydrogen-bond acceptors (Lipinski definition) is 6. The van der Waals surface area contributed by atoms with Crippen molar-refractivity contribution in [2.24, 2.45) is 39.4 Å². The number of carbonyl (C=O) groups is 2. The number of rotatable bonds is 2. The summed E-state index contributed by atoms with van der Waals surface area (Å²) in [6.45, 7) is 18.5. The number of aliphatic hydroxyl groups excluding tert-OH is 1. The van der Waals surface area contributed by atoms with E-state index in [9.17, 15) is 19.8 Å². The molecule has 0 spiro atoms. The van der Waals surface area contributed by atoms with E-state index in [0.717, 1.165) is 25.7 Å². The average Bonchev–Trinajstić information content (AvgIpc) is 2.98. The summed E-state index contributed by atoms with van der Waals surface area (Å²) in [6, 6.07) is 0. The number of carbonyl (C=O) groups excluding carboxylic acids is 2. The Labute approximate surface area is 228 Å². The molecule has 1 saturated heterocycles. The van der Waals surface area contributed by atoms with Gasteiger partial charge in [0, 0.05) is 18.8 Å². The Morgan fingerprint density at radius 2 is 1.79 bits per heavy atom. The summed E-state index contributed by atoms with van der Waals surface area (Å²) in [7, 11) is 0. The van der Waals surface area contributed by atoms with E-state index >= 15 is 0 Å². The van der Waals surface area contributed by atoms with Gasteiger partial charge in [-0.15, -0.1) is 0 Å². The van der Waals surface area contributed by atoms with Crippen LogP contribution in [0.1, 0.15) is 107 Å². The second kappa shape index (κ2) is 8.63. The summed E-state index contributed by atoms with van der Waals surface area (Å²) in [4.78, 5) is 24.9. The van der Waals surface area contributed by atoms with E-state index in [0.29, 0.717) is 25.0 Å². The van der Waals surface area contributed by atoms with Gasteiger partial charge in [0.2, 0.25) is 0 Å². The number of esters is 1. The van der Waals surface area contributed by atoms with Crippen molar-refractivity contribution in [1.82, 2.24) is 0 Å². The van der Waals surface area contributed by atoms with Crippen LogP contribution in [0.4, 0.5) is 0 Å². The molecule has 6 heteroatoms. The third-order valence-corrected chi connectivity index (χ3v) is 12.4. The summed E-state index contributed by atoms with van der Waals surface area (Å²) in [5.74, 6) is 0.490. The lowest BCUT2D eigenvalue weighted by atomic mass is 9.36. The molecule has 5 aliphatic rings. The SMILES string of the molecule is CC(=O)O[C@H]1C[C@@H](C)C2=C3C[C@H](O)[C@H]4[C@@]5(C)CCC(=O)C(C)(C)[C@@H]5CC[C@]4(C)[C@@]3(C)C[C@@H]2O[C@H]1C(C)(C)O. The van der Waals surface area contributed by atoms with Crippen molar-refractivity contribution in [1.29, 1.82) is 0 Å². The Kier molecular flexibility index (Phi) is 6.43. The Morgan fingerprint density at radius 3 is 2.39 bits per heavy atom. The molecule has 38 heavy (non-hydrogen) atoms. The van der Waals surface area contributed by atoms with Gasteiger partial charge in [-0.1, -0.05) is 47.1 Å². The molecule has 214 valence electrons. The molecule has 0 aromatic rings. The molecule has 3 saturated carbocycles. The normalized spacial score (nSPS) is 48.4. The van der Waals surface area contributed by atoms with Crippen molar-refractivity contribution in [3.05, 3.63) is 11.1 Å². The minimum Gasteiger partial charge on any atom is -0.460 e. The van der Waals surface area contributed by atoms with Gasteiger partial charge in [-0.25, -0.2) is 0 Å². The number of fused-ring (bicyclic) bond motifs is 6. The number of aliphatic hydroxyl groups is 2. The van der Waals surface area contributed by atoms with Crippen LogP contribution >= 0.6 is 0 Å². The molecule has 0 unspecified atom stereocenters. The maximum Gasteiger partial charge on any atom is 0.302 e. The molecular formula is C32H50O6. The van der Waals surface area contributed by atoms with Crippen molar-refractivity contribution >= 4 is 11.8 Å². The van der Waals surface area contributed by atoms with Gasteiger partial charge in [0.15, 0.2) is 0 Å². The Bertz CT molecular complexity index is 1050. The Morgan fingerprint density at radius 1 is 1.13 bits per heavy atom. The van der Waals surface area contributed by atoms with E-state index in [4.69, 9.17) is 9.47 Å². The second-order valence-corrected chi connectivity index (χ2v) is 15.4. The van der Waals surface area contributed by atoms with Crippen molar-refractivity contribution in [2.75, 3.05) is 0 Å². The number of ketones is 1. The van der Waals surface area contributed by atoms with Gasteiger partial charge in [0.25, 0.3) is 0 Å². The van der Waals surface area contributed by atoms with Crippen LogP contribution in [0.5, 0.6) is 0 Å². The van der Waals surface area contributed by atoms with Crippen molar-refractivity contribution in [2.45, 2.75) is 137 Å². The fourth-order valence-corrected chi connectivity index (χ4v) is 10.7. The van der Waals surface area contributed by atoms with Crippen LogP contribution in [-0.4, -0.2) is 52.0 Å². The number of ether oxygens (including phenoxy) is 2. The highest BCUT2D eigenvalue weighted by Gasteiger charge is 2.70. The summed E-state index contributed by atoms with van der Waals surface area (Å²) in [6.07, 6.45) is 3.62.